The molecule has 0 bridgehead atoms. The topological polar surface area (TPSA) is 67.3 Å². The van der Waals surface area contributed by atoms with Crippen molar-refractivity contribution in [2.75, 3.05) is 13.1 Å². The van der Waals surface area contributed by atoms with Crippen LogP contribution >= 0.6 is 0 Å². The highest BCUT2D eigenvalue weighted by atomic mass is 16.2. The molecule has 0 radical (unpaired) electrons. The lowest BCUT2D eigenvalue weighted by Gasteiger charge is -2.31. The molecule has 1 aromatic heterocycles. The molecule has 3 rings (SSSR count). The van der Waals surface area contributed by atoms with Crippen LogP contribution in [0, 0.1) is 13.8 Å². The van der Waals surface area contributed by atoms with Crippen LogP contribution in [0.15, 0.2) is 49.1 Å². The molecule has 1 aliphatic heterocycles. The number of hydrogen-bond donors (Lipinski definition) is 0. The lowest BCUT2D eigenvalue weighted by Crippen LogP contribution is -2.37. The van der Waals surface area contributed by atoms with Crippen molar-refractivity contribution < 1.29 is 14.4 Å². The van der Waals surface area contributed by atoms with Gasteiger partial charge in [-0.25, -0.2) is 0 Å². The van der Waals surface area contributed by atoms with Gasteiger partial charge >= 0.3 is 0 Å². The summed E-state index contributed by atoms with van der Waals surface area (Å²) in [5.41, 5.74) is 4.47. The quantitative estimate of drug-likeness (QED) is 0.209. The summed E-state index contributed by atoms with van der Waals surface area (Å²) >= 11 is 0. The van der Waals surface area contributed by atoms with Crippen LogP contribution in [-0.4, -0.2) is 40.4 Å². The average molecular weight is 507 g/mol. The van der Waals surface area contributed by atoms with E-state index in [0.29, 0.717) is 11.5 Å². The predicted molar refractivity (Wildman–Crippen MR) is 153 cm³/mol. The number of ketones is 2. The van der Waals surface area contributed by atoms with Crippen LogP contribution in [0.2, 0.25) is 0 Å². The maximum absolute atomic E-state index is 11.5. The predicted octanol–water partition coefficient (Wildman–Crippen LogP) is 7.66. The van der Waals surface area contributed by atoms with Crippen molar-refractivity contribution in [2.24, 2.45) is 0 Å². The number of unbranched alkanes of at least 4 members (excludes halogenated alkanes) is 4. The third kappa shape index (κ3) is 11.7. The standard InChI is InChI=1S/C16H20N2O2.C9H10O.C7H16/c1-4-16(20)18-9-7-13(8-10-18)15-6-5-14(12(3)19)11(2)17-15;1-7-3-5-9(6-4-7)8(2)10;1-3-5-7-6-4-2/h4-6,13H,1,7-10H2,2-3H3;3-6H,1-2H3;3-7H2,1-2H3. The van der Waals surface area contributed by atoms with E-state index in [2.05, 4.69) is 25.4 Å². The van der Waals surface area contributed by atoms with Gasteiger partial charge in [0.25, 0.3) is 0 Å². The maximum Gasteiger partial charge on any atom is 0.245 e. The van der Waals surface area contributed by atoms with E-state index in [9.17, 15) is 14.4 Å². The molecule has 0 aliphatic carbocycles. The molecule has 1 saturated heterocycles. The van der Waals surface area contributed by atoms with E-state index >= 15 is 0 Å². The normalized spacial score (nSPS) is 13.0. The number of rotatable bonds is 8. The summed E-state index contributed by atoms with van der Waals surface area (Å²) in [5, 5.41) is 0. The number of nitrogens with zero attached hydrogens (tertiary/aromatic N) is 2. The fourth-order valence-electron chi connectivity index (χ4n) is 4.17. The SMILES string of the molecule is C=CC(=O)N1CCC(c2ccc(C(C)=O)c(C)n2)CC1.CC(=O)c1ccc(C)cc1.CCCCCCC. The number of amides is 1. The molecule has 202 valence electrons. The number of carbonyl (C=O) groups is 3. The van der Waals surface area contributed by atoms with E-state index in [1.165, 1.54) is 43.7 Å². The van der Waals surface area contributed by atoms with Crippen LogP contribution in [0.1, 0.15) is 116 Å². The summed E-state index contributed by atoms with van der Waals surface area (Å²) in [6, 6.07) is 11.4. The van der Waals surface area contributed by atoms with E-state index in [0.717, 1.165) is 42.9 Å². The van der Waals surface area contributed by atoms with E-state index < -0.39 is 0 Å². The second-order valence-corrected chi connectivity index (χ2v) is 9.71. The van der Waals surface area contributed by atoms with Crippen molar-refractivity contribution in [2.45, 2.75) is 92.4 Å². The number of pyridine rings is 1. The van der Waals surface area contributed by atoms with Gasteiger partial charge in [0.1, 0.15) is 0 Å². The Morgan fingerprint density at radius 3 is 1.89 bits per heavy atom. The summed E-state index contributed by atoms with van der Waals surface area (Å²) in [7, 11) is 0. The highest BCUT2D eigenvalue weighted by Gasteiger charge is 2.23. The Hall–Kier alpha value is -3.08. The Bertz CT molecular complexity index is 999. The lowest BCUT2D eigenvalue weighted by atomic mass is 9.92. The van der Waals surface area contributed by atoms with Crippen LogP contribution in [0.5, 0.6) is 0 Å². The van der Waals surface area contributed by atoms with E-state index in [4.69, 9.17) is 0 Å². The Labute approximate surface area is 224 Å². The molecular formula is C32H46N2O3. The molecule has 2 aromatic rings. The van der Waals surface area contributed by atoms with Gasteiger partial charge in [-0.05, 0) is 58.7 Å². The molecule has 0 saturated carbocycles. The summed E-state index contributed by atoms with van der Waals surface area (Å²) in [4.78, 5) is 40.1. The lowest BCUT2D eigenvalue weighted by molar-refractivity contribution is -0.127. The van der Waals surface area contributed by atoms with Crippen LogP contribution < -0.4 is 0 Å². The van der Waals surface area contributed by atoms with E-state index in [1.54, 1.807) is 13.8 Å². The summed E-state index contributed by atoms with van der Waals surface area (Å²) in [6.07, 6.45) is 10.2. The first-order valence-corrected chi connectivity index (χ1v) is 13.6. The molecule has 0 N–H and O–H groups in total. The molecule has 37 heavy (non-hydrogen) atoms. The highest BCUT2D eigenvalue weighted by Crippen LogP contribution is 2.27. The Morgan fingerprint density at radius 2 is 1.46 bits per heavy atom. The number of hydrogen-bond acceptors (Lipinski definition) is 4. The fourth-order valence-corrected chi connectivity index (χ4v) is 4.17. The van der Waals surface area contributed by atoms with Crippen LogP contribution in [0.4, 0.5) is 0 Å². The van der Waals surface area contributed by atoms with Gasteiger partial charge in [-0.2, -0.15) is 0 Å². The molecule has 1 amide bonds. The molecule has 2 heterocycles. The van der Waals surface area contributed by atoms with Gasteiger partial charge in [0.2, 0.25) is 5.91 Å². The Morgan fingerprint density at radius 1 is 0.892 bits per heavy atom. The Kier molecular flexibility index (Phi) is 15.0. The number of aryl methyl sites for hydroxylation is 2. The smallest absolute Gasteiger partial charge is 0.245 e. The van der Waals surface area contributed by atoms with Gasteiger partial charge in [-0.1, -0.05) is 82.4 Å². The number of piperidine rings is 1. The van der Waals surface area contributed by atoms with Crippen molar-refractivity contribution in [1.29, 1.82) is 0 Å². The highest BCUT2D eigenvalue weighted by molar-refractivity contribution is 5.95. The minimum absolute atomic E-state index is 0.000447. The van der Waals surface area contributed by atoms with Crippen molar-refractivity contribution in [3.05, 3.63) is 77.1 Å². The number of Topliss-reactive ketones (excluding diaryl/α,β-unsaturated/α-hetero) is 2. The van der Waals surface area contributed by atoms with Gasteiger partial charge in [-0.15, -0.1) is 0 Å². The number of benzene rings is 1. The second-order valence-electron chi connectivity index (χ2n) is 9.71. The molecular weight excluding hydrogens is 460 g/mol. The molecule has 1 aliphatic rings. The monoisotopic (exact) mass is 506 g/mol. The van der Waals surface area contributed by atoms with E-state index in [-0.39, 0.29) is 17.5 Å². The molecule has 0 atom stereocenters. The van der Waals surface area contributed by atoms with Crippen LogP contribution in [-0.2, 0) is 4.79 Å². The maximum atomic E-state index is 11.5. The van der Waals surface area contributed by atoms with Gasteiger partial charge in [0.05, 0.1) is 0 Å². The molecule has 1 fully saturated rings. The number of aromatic nitrogens is 1. The van der Waals surface area contributed by atoms with Crippen molar-refractivity contribution in [3.63, 3.8) is 0 Å². The fraction of sp³-hybridized carbons (Fsp3) is 0.500. The zero-order chi connectivity index (χ0) is 27.8. The summed E-state index contributed by atoms with van der Waals surface area (Å²) < 4.78 is 0. The van der Waals surface area contributed by atoms with Crippen LogP contribution in [0.3, 0.4) is 0 Å². The van der Waals surface area contributed by atoms with Gasteiger partial charge in [-0.3, -0.25) is 19.4 Å². The first kappa shape index (κ1) is 31.9. The largest absolute Gasteiger partial charge is 0.339 e. The summed E-state index contributed by atoms with van der Waals surface area (Å²) in [6.45, 7) is 16.5. The zero-order valence-corrected chi connectivity index (χ0v) is 23.8. The van der Waals surface area contributed by atoms with E-state index in [1.807, 2.05) is 55.1 Å². The van der Waals surface area contributed by atoms with Crippen molar-refractivity contribution in [3.8, 4) is 0 Å². The van der Waals surface area contributed by atoms with Crippen molar-refractivity contribution >= 4 is 17.5 Å². The van der Waals surface area contributed by atoms with Gasteiger partial charge < -0.3 is 4.90 Å². The average Bonchev–Trinajstić information content (AvgIpc) is 2.89. The number of likely N-dealkylation sites (tertiary alicyclic amines) is 1. The third-order valence-electron chi connectivity index (χ3n) is 6.55. The van der Waals surface area contributed by atoms with Crippen LogP contribution in [0.25, 0.3) is 0 Å². The molecule has 1 aromatic carbocycles. The van der Waals surface area contributed by atoms with Gasteiger partial charge in [0, 0.05) is 41.5 Å². The molecule has 5 nitrogen and oxygen atoms in total. The molecule has 5 heteroatoms. The second kappa shape index (κ2) is 17.4. The number of carbonyl (C=O) groups excluding carboxylic acids is 3. The molecule has 0 unspecified atom stereocenters. The minimum atomic E-state index is -0.000447. The third-order valence-corrected chi connectivity index (χ3v) is 6.55. The van der Waals surface area contributed by atoms with Crippen molar-refractivity contribution in [1.82, 2.24) is 9.88 Å². The zero-order valence-electron chi connectivity index (χ0n) is 23.8. The summed E-state index contributed by atoms with van der Waals surface area (Å²) in [5.74, 6) is 0.538. The first-order valence-electron chi connectivity index (χ1n) is 13.6. The minimum Gasteiger partial charge on any atom is -0.339 e. The van der Waals surface area contributed by atoms with Gasteiger partial charge in [0.15, 0.2) is 11.6 Å². The first-order chi connectivity index (χ1) is 17.6. The molecule has 0 spiro atoms. The Balaban J connectivity index is 0.000000334.